The van der Waals surface area contributed by atoms with Crippen molar-refractivity contribution < 1.29 is 9.15 Å². The molecule has 0 atom stereocenters. The molecule has 0 N–H and O–H groups in total. The second kappa shape index (κ2) is 5.68. The van der Waals surface area contributed by atoms with Gasteiger partial charge in [0.25, 0.3) is 0 Å². The number of aromatic nitrogens is 3. The van der Waals surface area contributed by atoms with Crippen LogP contribution in [0.3, 0.4) is 0 Å². The highest BCUT2D eigenvalue weighted by atomic mass is 35.5. The highest BCUT2D eigenvalue weighted by molar-refractivity contribution is 6.28. The van der Waals surface area contributed by atoms with E-state index in [1.54, 1.807) is 6.26 Å². The first kappa shape index (κ1) is 12.6. The van der Waals surface area contributed by atoms with Crippen LogP contribution in [0.1, 0.15) is 12.7 Å². The Labute approximate surface area is 110 Å². The fraction of sp³-hybridized carbons (Fsp3) is 0.364. The van der Waals surface area contributed by atoms with Gasteiger partial charge in [-0.1, -0.05) is 0 Å². The molecule has 0 unspecified atom stereocenters. The number of ether oxygens (including phenoxy) is 1. The van der Waals surface area contributed by atoms with E-state index in [1.165, 1.54) is 7.11 Å². The molecule has 18 heavy (non-hydrogen) atoms. The van der Waals surface area contributed by atoms with Crippen LogP contribution in [0.25, 0.3) is 0 Å². The third-order valence-corrected chi connectivity index (χ3v) is 2.52. The van der Waals surface area contributed by atoms with E-state index < -0.39 is 0 Å². The maximum atomic E-state index is 5.82. The van der Waals surface area contributed by atoms with Crippen LogP contribution in [0.4, 0.5) is 5.95 Å². The lowest BCUT2D eigenvalue weighted by atomic mass is 10.4. The fourth-order valence-corrected chi connectivity index (χ4v) is 1.62. The van der Waals surface area contributed by atoms with Gasteiger partial charge in [0.15, 0.2) is 0 Å². The minimum Gasteiger partial charge on any atom is -0.467 e. The van der Waals surface area contributed by atoms with E-state index in [9.17, 15) is 0 Å². The lowest BCUT2D eigenvalue weighted by Gasteiger charge is -2.19. The van der Waals surface area contributed by atoms with Gasteiger partial charge in [0.05, 0.1) is 19.9 Å². The Kier molecular flexibility index (Phi) is 3.99. The van der Waals surface area contributed by atoms with Gasteiger partial charge < -0.3 is 14.1 Å². The molecule has 0 radical (unpaired) electrons. The van der Waals surface area contributed by atoms with Crippen LogP contribution < -0.4 is 9.64 Å². The Morgan fingerprint density at radius 2 is 2.22 bits per heavy atom. The molecular formula is C11H13ClN4O2. The highest BCUT2D eigenvalue weighted by Crippen LogP contribution is 2.17. The quantitative estimate of drug-likeness (QED) is 0.828. The van der Waals surface area contributed by atoms with Crippen molar-refractivity contribution in [2.45, 2.75) is 13.5 Å². The molecule has 0 aliphatic carbocycles. The first-order valence-corrected chi connectivity index (χ1v) is 5.83. The van der Waals surface area contributed by atoms with Gasteiger partial charge in [0.2, 0.25) is 11.2 Å². The third-order valence-electron chi connectivity index (χ3n) is 2.35. The van der Waals surface area contributed by atoms with Gasteiger partial charge in [-0.05, 0) is 30.7 Å². The smallest absolute Gasteiger partial charge is 0.322 e. The third kappa shape index (κ3) is 2.89. The van der Waals surface area contributed by atoms with Crippen LogP contribution in [0.5, 0.6) is 6.01 Å². The minimum absolute atomic E-state index is 0.106. The zero-order valence-corrected chi connectivity index (χ0v) is 10.9. The second-order valence-electron chi connectivity index (χ2n) is 3.48. The SMILES string of the molecule is CCN(Cc1ccco1)c1nc(Cl)nc(OC)n1. The standard InChI is InChI=1S/C11H13ClN4O2/c1-3-16(7-8-5-4-6-18-8)10-13-9(12)14-11(15-10)17-2/h4-6H,3,7H2,1-2H3. The van der Waals surface area contributed by atoms with Crippen LogP contribution >= 0.6 is 11.6 Å². The summed E-state index contributed by atoms with van der Waals surface area (Å²) in [6.45, 7) is 3.27. The Morgan fingerprint density at radius 3 is 2.83 bits per heavy atom. The lowest BCUT2D eigenvalue weighted by Crippen LogP contribution is -2.24. The van der Waals surface area contributed by atoms with Crippen molar-refractivity contribution >= 4 is 17.5 Å². The number of rotatable bonds is 5. The monoisotopic (exact) mass is 268 g/mol. The van der Waals surface area contributed by atoms with Crippen molar-refractivity contribution in [2.75, 3.05) is 18.6 Å². The van der Waals surface area contributed by atoms with E-state index in [2.05, 4.69) is 15.0 Å². The molecular weight excluding hydrogens is 256 g/mol. The number of furan rings is 1. The molecule has 2 rings (SSSR count). The molecule has 96 valence electrons. The highest BCUT2D eigenvalue weighted by Gasteiger charge is 2.13. The van der Waals surface area contributed by atoms with Gasteiger partial charge in [-0.15, -0.1) is 0 Å². The molecule has 2 heterocycles. The lowest BCUT2D eigenvalue weighted by molar-refractivity contribution is 0.377. The van der Waals surface area contributed by atoms with Crippen molar-refractivity contribution in [2.24, 2.45) is 0 Å². The fourth-order valence-electron chi connectivity index (χ4n) is 1.47. The van der Waals surface area contributed by atoms with Crippen molar-refractivity contribution in [1.82, 2.24) is 15.0 Å². The van der Waals surface area contributed by atoms with E-state index in [1.807, 2.05) is 24.0 Å². The Bertz CT molecular complexity index is 504. The Hall–Kier alpha value is -1.82. The number of methoxy groups -OCH3 is 1. The van der Waals surface area contributed by atoms with Crippen molar-refractivity contribution in [1.29, 1.82) is 0 Å². The summed E-state index contributed by atoms with van der Waals surface area (Å²) in [4.78, 5) is 14.0. The summed E-state index contributed by atoms with van der Waals surface area (Å²) < 4.78 is 10.3. The number of hydrogen-bond acceptors (Lipinski definition) is 6. The largest absolute Gasteiger partial charge is 0.467 e. The topological polar surface area (TPSA) is 64.3 Å². The van der Waals surface area contributed by atoms with Crippen molar-refractivity contribution in [3.8, 4) is 6.01 Å². The summed E-state index contributed by atoms with van der Waals surface area (Å²) in [5, 5.41) is 0.106. The average molecular weight is 269 g/mol. The van der Waals surface area contributed by atoms with Gasteiger partial charge in [-0.25, -0.2) is 0 Å². The van der Waals surface area contributed by atoms with Crippen LogP contribution in [0.15, 0.2) is 22.8 Å². The molecule has 0 bridgehead atoms. The normalized spacial score (nSPS) is 10.4. The summed E-state index contributed by atoms with van der Waals surface area (Å²) in [6.07, 6.45) is 1.63. The van der Waals surface area contributed by atoms with E-state index in [-0.39, 0.29) is 11.3 Å². The number of nitrogens with zero attached hydrogens (tertiary/aromatic N) is 4. The minimum atomic E-state index is 0.106. The van der Waals surface area contributed by atoms with Crippen LogP contribution in [-0.4, -0.2) is 28.6 Å². The Balaban J connectivity index is 2.24. The summed E-state index contributed by atoms with van der Waals surface area (Å²) in [5.74, 6) is 1.29. The molecule has 2 aromatic heterocycles. The molecule has 0 aliphatic rings. The molecule has 0 saturated heterocycles. The van der Waals surface area contributed by atoms with E-state index in [0.29, 0.717) is 19.0 Å². The van der Waals surface area contributed by atoms with Crippen LogP contribution in [0.2, 0.25) is 5.28 Å². The summed E-state index contributed by atoms with van der Waals surface area (Å²) in [5.41, 5.74) is 0. The van der Waals surface area contributed by atoms with Gasteiger partial charge in [0, 0.05) is 6.54 Å². The maximum absolute atomic E-state index is 5.82. The van der Waals surface area contributed by atoms with Gasteiger partial charge in [0.1, 0.15) is 5.76 Å². The van der Waals surface area contributed by atoms with Gasteiger partial charge in [-0.2, -0.15) is 15.0 Å². The molecule has 0 aliphatic heterocycles. The number of anilines is 1. The van der Waals surface area contributed by atoms with E-state index >= 15 is 0 Å². The van der Waals surface area contributed by atoms with Crippen LogP contribution in [-0.2, 0) is 6.54 Å². The molecule has 2 aromatic rings. The predicted molar refractivity (Wildman–Crippen MR) is 66.8 cm³/mol. The summed E-state index contributed by atoms with van der Waals surface area (Å²) in [6, 6.07) is 3.93. The first-order chi connectivity index (χ1) is 8.72. The maximum Gasteiger partial charge on any atom is 0.322 e. The average Bonchev–Trinajstić information content (AvgIpc) is 2.88. The zero-order chi connectivity index (χ0) is 13.0. The van der Waals surface area contributed by atoms with E-state index in [0.717, 1.165) is 5.76 Å². The summed E-state index contributed by atoms with van der Waals surface area (Å²) >= 11 is 5.82. The molecule has 0 aromatic carbocycles. The van der Waals surface area contributed by atoms with E-state index in [4.69, 9.17) is 20.8 Å². The van der Waals surface area contributed by atoms with Crippen molar-refractivity contribution in [3.05, 3.63) is 29.4 Å². The first-order valence-electron chi connectivity index (χ1n) is 5.45. The second-order valence-corrected chi connectivity index (χ2v) is 3.82. The predicted octanol–water partition coefficient (Wildman–Crippen LogP) is 2.15. The molecule has 0 fully saturated rings. The number of halogens is 1. The van der Waals surface area contributed by atoms with Gasteiger partial charge >= 0.3 is 6.01 Å². The van der Waals surface area contributed by atoms with Crippen LogP contribution in [0, 0.1) is 0 Å². The molecule has 6 nitrogen and oxygen atoms in total. The molecule has 0 saturated carbocycles. The van der Waals surface area contributed by atoms with Gasteiger partial charge in [-0.3, -0.25) is 0 Å². The Morgan fingerprint density at radius 1 is 1.39 bits per heavy atom. The zero-order valence-electron chi connectivity index (χ0n) is 10.1. The van der Waals surface area contributed by atoms with Crippen molar-refractivity contribution in [3.63, 3.8) is 0 Å². The molecule has 7 heteroatoms. The molecule has 0 amide bonds. The number of hydrogen-bond donors (Lipinski definition) is 0. The summed E-state index contributed by atoms with van der Waals surface area (Å²) in [7, 11) is 1.48. The molecule has 0 spiro atoms.